The van der Waals surface area contributed by atoms with Crippen LogP contribution >= 0.6 is 0 Å². The molecular formula is C15H26. The normalized spacial score (nSPS) is 11.5. The van der Waals surface area contributed by atoms with Crippen molar-refractivity contribution in [1.82, 2.24) is 0 Å². The second kappa shape index (κ2) is 13.2. The van der Waals surface area contributed by atoms with E-state index in [1.807, 2.05) is 6.08 Å². The van der Waals surface area contributed by atoms with Gasteiger partial charge in [-0.1, -0.05) is 56.6 Å². The van der Waals surface area contributed by atoms with E-state index in [-0.39, 0.29) is 0 Å². The van der Waals surface area contributed by atoms with Gasteiger partial charge in [0, 0.05) is 0 Å². The van der Waals surface area contributed by atoms with Gasteiger partial charge < -0.3 is 0 Å². The first-order valence-corrected chi connectivity index (χ1v) is 6.32. The molecule has 0 rings (SSSR count). The number of hydrogen-bond acceptors (Lipinski definition) is 0. The maximum atomic E-state index is 3.68. The van der Waals surface area contributed by atoms with Gasteiger partial charge in [-0.3, -0.25) is 0 Å². The van der Waals surface area contributed by atoms with Crippen LogP contribution in [0.4, 0.5) is 0 Å². The van der Waals surface area contributed by atoms with E-state index in [2.05, 4.69) is 37.8 Å². The molecule has 0 aliphatic rings. The fourth-order valence-corrected chi connectivity index (χ4v) is 1.43. The number of allylic oxidation sites excluding steroid dienone is 5. The van der Waals surface area contributed by atoms with Gasteiger partial charge in [0.2, 0.25) is 0 Å². The van der Waals surface area contributed by atoms with Gasteiger partial charge in [0.1, 0.15) is 0 Å². The molecule has 0 aliphatic carbocycles. The molecule has 0 nitrogen and oxygen atoms in total. The highest BCUT2D eigenvalue weighted by molar-refractivity contribution is 4.91. The van der Waals surface area contributed by atoms with Crippen molar-refractivity contribution in [2.24, 2.45) is 0 Å². The highest BCUT2D eigenvalue weighted by Gasteiger charge is 1.84. The maximum absolute atomic E-state index is 3.68. The highest BCUT2D eigenvalue weighted by Crippen LogP contribution is 2.04. The minimum absolute atomic E-state index is 1.00. The van der Waals surface area contributed by atoms with Crippen LogP contribution in [0.2, 0.25) is 0 Å². The van der Waals surface area contributed by atoms with Crippen molar-refractivity contribution in [3.05, 3.63) is 37.0 Å². The summed E-state index contributed by atoms with van der Waals surface area (Å²) in [5.74, 6) is 0. The molecule has 0 heterocycles. The molecule has 0 aliphatic heterocycles. The van der Waals surface area contributed by atoms with Crippen LogP contribution in [0.15, 0.2) is 37.0 Å². The average Bonchev–Trinajstić information content (AvgIpc) is 2.26. The van der Waals surface area contributed by atoms with Crippen LogP contribution in [0.5, 0.6) is 0 Å². The van der Waals surface area contributed by atoms with Gasteiger partial charge in [-0.05, 0) is 32.1 Å². The zero-order valence-corrected chi connectivity index (χ0v) is 10.3. The summed E-state index contributed by atoms with van der Waals surface area (Å²) < 4.78 is 0. The predicted molar refractivity (Wildman–Crippen MR) is 71.1 cm³/mol. The molecule has 0 atom stereocenters. The third-order valence-corrected chi connectivity index (χ3v) is 2.36. The highest BCUT2D eigenvalue weighted by atomic mass is 13.9. The quantitative estimate of drug-likeness (QED) is 0.330. The standard InChI is InChI=1S/C15H26/c1-3-5-7-9-11-13-15-14-12-10-8-6-4-2/h3,7,9,14-15H,1,4-6,8,10-13H2,2H3. The minimum Gasteiger partial charge on any atom is -0.103 e. The van der Waals surface area contributed by atoms with Gasteiger partial charge in [-0.2, -0.15) is 0 Å². The summed E-state index contributed by atoms with van der Waals surface area (Å²) in [5.41, 5.74) is 0. The number of unbranched alkanes of at least 4 members (excludes halogenated alkanes) is 5. The lowest BCUT2D eigenvalue weighted by atomic mass is 10.1. The van der Waals surface area contributed by atoms with E-state index in [1.165, 1.54) is 44.9 Å². The Kier molecular flexibility index (Phi) is 12.5. The molecule has 15 heavy (non-hydrogen) atoms. The molecule has 0 fully saturated rings. The van der Waals surface area contributed by atoms with Gasteiger partial charge >= 0.3 is 0 Å². The molecular weight excluding hydrogens is 180 g/mol. The van der Waals surface area contributed by atoms with E-state index in [4.69, 9.17) is 0 Å². The van der Waals surface area contributed by atoms with E-state index >= 15 is 0 Å². The van der Waals surface area contributed by atoms with Crippen LogP contribution in [0.25, 0.3) is 0 Å². The first-order chi connectivity index (χ1) is 7.41. The summed E-state index contributed by atoms with van der Waals surface area (Å²) in [7, 11) is 0. The minimum atomic E-state index is 1.00. The Bertz CT molecular complexity index is 174. The van der Waals surface area contributed by atoms with Crippen LogP contribution in [0.1, 0.15) is 58.3 Å². The second-order valence-corrected chi connectivity index (χ2v) is 3.89. The zero-order valence-electron chi connectivity index (χ0n) is 10.3. The van der Waals surface area contributed by atoms with Crippen molar-refractivity contribution in [1.29, 1.82) is 0 Å². The van der Waals surface area contributed by atoms with E-state index in [9.17, 15) is 0 Å². The fourth-order valence-electron chi connectivity index (χ4n) is 1.43. The van der Waals surface area contributed by atoms with Crippen molar-refractivity contribution in [2.75, 3.05) is 0 Å². The summed E-state index contributed by atoms with van der Waals surface area (Å²) in [5, 5.41) is 0. The summed E-state index contributed by atoms with van der Waals surface area (Å²) in [6, 6.07) is 0. The van der Waals surface area contributed by atoms with Crippen LogP contribution in [0, 0.1) is 0 Å². The van der Waals surface area contributed by atoms with Gasteiger partial charge in [0.15, 0.2) is 0 Å². The van der Waals surface area contributed by atoms with Crippen LogP contribution in [-0.2, 0) is 0 Å². The Labute approximate surface area is 95.8 Å². The van der Waals surface area contributed by atoms with Crippen molar-refractivity contribution in [3.63, 3.8) is 0 Å². The fraction of sp³-hybridized carbons (Fsp3) is 0.600. The Morgan fingerprint density at radius 2 is 1.47 bits per heavy atom. The summed E-state index contributed by atoms with van der Waals surface area (Å²) in [4.78, 5) is 0. The zero-order chi connectivity index (χ0) is 11.2. The molecule has 0 aromatic heterocycles. The molecule has 0 heteroatoms. The Morgan fingerprint density at radius 1 is 0.800 bits per heavy atom. The van der Waals surface area contributed by atoms with Crippen LogP contribution < -0.4 is 0 Å². The molecule has 0 spiro atoms. The van der Waals surface area contributed by atoms with Gasteiger partial charge in [-0.15, -0.1) is 6.58 Å². The van der Waals surface area contributed by atoms with E-state index in [0.29, 0.717) is 0 Å². The first kappa shape index (κ1) is 14.2. The molecule has 0 saturated heterocycles. The van der Waals surface area contributed by atoms with Crippen molar-refractivity contribution in [3.8, 4) is 0 Å². The second-order valence-electron chi connectivity index (χ2n) is 3.89. The topological polar surface area (TPSA) is 0 Å². The number of hydrogen-bond donors (Lipinski definition) is 0. The monoisotopic (exact) mass is 206 g/mol. The number of rotatable bonds is 10. The summed E-state index contributed by atoms with van der Waals surface area (Å²) in [6.45, 7) is 5.93. The molecule has 0 radical (unpaired) electrons. The summed E-state index contributed by atoms with van der Waals surface area (Å²) in [6.07, 6.45) is 21.1. The Balaban J connectivity index is 3.13. The van der Waals surface area contributed by atoms with Crippen LogP contribution in [-0.4, -0.2) is 0 Å². The molecule has 0 bridgehead atoms. The third-order valence-electron chi connectivity index (χ3n) is 2.36. The first-order valence-electron chi connectivity index (χ1n) is 6.32. The Hall–Kier alpha value is -0.780. The molecule has 0 aromatic carbocycles. The molecule has 0 saturated carbocycles. The van der Waals surface area contributed by atoms with Gasteiger partial charge in [0.05, 0.1) is 0 Å². The van der Waals surface area contributed by atoms with Crippen molar-refractivity contribution in [2.45, 2.75) is 58.3 Å². The largest absolute Gasteiger partial charge is 0.103 e. The Morgan fingerprint density at radius 3 is 2.13 bits per heavy atom. The molecule has 86 valence electrons. The van der Waals surface area contributed by atoms with E-state index < -0.39 is 0 Å². The molecule has 0 N–H and O–H groups in total. The maximum Gasteiger partial charge on any atom is -0.0172 e. The van der Waals surface area contributed by atoms with E-state index in [0.717, 1.165) is 6.42 Å². The molecule has 0 unspecified atom stereocenters. The van der Waals surface area contributed by atoms with Gasteiger partial charge in [0.25, 0.3) is 0 Å². The van der Waals surface area contributed by atoms with Crippen molar-refractivity contribution >= 4 is 0 Å². The third kappa shape index (κ3) is 13.2. The van der Waals surface area contributed by atoms with Crippen molar-refractivity contribution < 1.29 is 0 Å². The average molecular weight is 206 g/mol. The molecule has 0 aromatic rings. The summed E-state index contributed by atoms with van der Waals surface area (Å²) >= 11 is 0. The van der Waals surface area contributed by atoms with E-state index in [1.54, 1.807) is 0 Å². The predicted octanol–water partition coefficient (Wildman–Crippen LogP) is 5.43. The SMILES string of the molecule is C=CCC=CCCC=CCCCCCC. The van der Waals surface area contributed by atoms with Gasteiger partial charge in [-0.25, -0.2) is 0 Å². The smallest absolute Gasteiger partial charge is 0.0172 e. The van der Waals surface area contributed by atoms with Crippen LogP contribution in [0.3, 0.4) is 0 Å². The lowest BCUT2D eigenvalue weighted by Crippen LogP contribution is -1.73. The molecule has 0 amide bonds. The lowest BCUT2D eigenvalue weighted by Gasteiger charge is -1.93. The lowest BCUT2D eigenvalue weighted by molar-refractivity contribution is 0.674.